The smallest absolute Gasteiger partial charge is 0.276 e. The highest BCUT2D eigenvalue weighted by Crippen LogP contribution is 2.25. The van der Waals surface area contributed by atoms with Crippen molar-refractivity contribution >= 4 is 11.6 Å². The van der Waals surface area contributed by atoms with E-state index in [0.717, 1.165) is 68.8 Å². The topological polar surface area (TPSA) is 58.8 Å². The second kappa shape index (κ2) is 8.03. The molecule has 2 heterocycles. The number of rotatable bonds is 3. The van der Waals surface area contributed by atoms with Crippen LogP contribution in [0.25, 0.3) is 0 Å². The summed E-state index contributed by atoms with van der Waals surface area (Å²) in [6.07, 6.45) is 6.18. The monoisotopic (exact) mass is 369 g/mol. The summed E-state index contributed by atoms with van der Waals surface area (Å²) in [5.74, 6) is 1.81. The second-order valence-electron chi connectivity index (χ2n) is 7.32. The molecule has 0 unspecified atom stereocenters. The van der Waals surface area contributed by atoms with Gasteiger partial charge in [-0.05, 0) is 49.9 Å². The highest BCUT2D eigenvalue weighted by molar-refractivity contribution is 5.94. The van der Waals surface area contributed by atoms with Crippen molar-refractivity contribution in [1.82, 2.24) is 10.1 Å². The quantitative estimate of drug-likeness (QED) is 0.777. The zero-order valence-corrected chi connectivity index (χ0v) is 15.9. The lowest BCUT2D eigenvalue weighted by Gasteiger charge is -2.23. The fraction of sp³-hybridized carbons (Fsp3) is 0.524. The molecule has 1 amide bonds. The molecule has 2 aliphatic rings. The molecule has 0 saturated carbocycles. The first-order valence-corrected chi connectivity index (χ1v) is 9.92. The average Bonchev–Trinajstić information content (AvgIpc) is 2.88. The highest BCUT2D eigenvalue weighted by Gasteiger charge is 2.28. The molecule has 0 atom stereocenters. The van der Waals surface area contributed by atoms with Gasteiger partial charge in [-0.2, -0.15) is 0 Å². The molecule has 0 N–H and O–H groups in total. The third kappa shape index (κ3) is 3.80. The molecule has 1 fully saturated rings. The summed E-state index contributed by atoms with van der Waals surface area (Å²) in [5, 5.41) is 4.15. The van der Waals surface area contributed by atoms with Gasteiger partial charge in [0, 0.05) is 43.9 Å². The van der Waals surface area contributed by atoms with Gasteiger partial charge in [0.25, 0.3) is 5.91 Å². The van der Waals surface area contributed by atoms with Gasteiger partial charge in [0.1, 0.15) is 11.5 Å². The second-order valence-corrected chi connectivity index (χ2v) is 7.32. The molecule has 27 heavy (non-hydrogen) atoms. The van der Waals surface area contributed by atoms with Crippen LogP contribution in [0.3, 0.4) is 0 Å². The van der Waals surface area contributed by atoms with Crippen LogP contribution in [0.2, 0.25) is 0 Å². The Hall–Kier alpha value is -2.50. The van der Waals surface area contributed by atoms with E-state index in [9.17, 15) is 4.79 Å². The van der Waals surface area contributed by atoms with E-state index in [1.54, 1.807) is 7.11 Å². The van der Waals surface area contributed by atoms with Crippen molar-refractivity contribution in [3.05, 3.63) is 41.3 Å². The highest BCUT2D eigenvalue weighted by atomic mass is 16.5. The van der Waals surface area contributed by atoms with Crippen molar-refractivity contribution < 1.29 is 14.1 Å². The molecule has 6 nitrogen and oxygen atoms in total. The van der Waals surface area contributed by atoms with Gasteiger partial charge in [0.05, 0.1) is 7.11 Å². The van der Waals surface area contributed by atoms with E-state index in [1.807, 2.05) is 17.0 Å². The summed E-state index contributed by atoms with van der Waals surface area (Å²) in [4.78, 5) is 17.4. The van der Waals surface area contributed by atoms with Gasteiger partial charge in [-0.15, -0.1) is 0 Å². The Labute approximate surface area is 160 Å². The Balaban J connectivity index is 1.45. The van der Waals surface area contributed by atoms with Gasteiger partial charge in [0.2, 0.25) is 0 Å². The molecule has 1 saturated heterocycles. The standard InChI is InChI=1S/C21H27N3O3/c1-26-17-10-8-16(9-11-17)23-12-5-13-24(15-14-23)21(25)20-18-6-3-2-4-7-19(18)27-22-20/h8-11H,2-7,12-15H2,1H3. The minimum atomic E-state index is 0.0264. The van der Waals surface area contributed by atoms with Gasteiger partial charge in [-0.25, -0.2) is 0 Å². The molecule has 1 aliphatic carbocycles. The van der Waals surface area contributed by atoms with E-state index in [2.05, 4.69) is 22.2 Å². The first-order chi connectivity index (χ1) is 13.3. The van der Waals surface area contributed by atoms with Crippen molar-refractivity contribution in [3.8, 4) is 5.75 Å². The van der Waals surface area contributed by atoms with E-state index >= 15 is 0 Å². The van der Waals surface area contributed by atoms with Crippen LogP contribution in [0.1, 0.15) is 47.5 Å². The Morgan fingerprint density at radius 1 is 1.00 bits per heavy atom. The summed E-state index contributed by atoms with van der Waals surface area (Å²) >= 11 is 0. The van der Waals surface area contributed by atoms with E-state index in [1.165, 1.54) is 12.1 Å². The zero-order valence-electron chi connectivity index (χ0n) is 15.9. The fourth-order valence-corrected chi connectivity index (χ4v) is 4.05. The van der Waals surface area contributed by atoms with Crippen molar-refractivity contribution in [2.45, 2.75) is 38.5 Å². The number of hydrogen-bond donors (Lipinski definition) is 0. The van der Waals surface area contributed by atoms with Gasteiger partial charge < -0.3 is 19.1 Å². The minimum absolute atomic E-state index is 0.0264. The third-order valence-corrected chi connectivity index (χ3v) is 5.62. The van der Waals surface area contributed by atoms with E-state index in [4.69, 9.17) is 9.26 Å². The largest absolute Gasteiger partial charge is 0.497 e. The zero-order chi connectivity index (χ0) is 18.6. The lowest BCUT2D eigenvalue weighted by Crippen LogP contribution is -2.35. The summed E-state index contributed by atoms with van der Waals surface area (Å²) in [7, 11) is 1.68. The molecule has 6 heteroatoms. The average molecular weight is 369 g/mol. The molecule has 144 valence electrons. The van der Waals surface area contributed by atoms with Crippen LogP contribution in [0.5, 0.6) is 5.75 Å². The molecular formula is C21H27N3O3. The first kappa shape index (κ1) is 17.9. The van der Waals surface area contributed by atoms with Gasteiger partial charge in [0.15, 0.2) is 5.69 Å². The number of hydrogen-bond acceptors (Lipinski definition) is 5. The summed E-state index contributed by atoms with van der Waals surface area (Å²) in [5.41, 5.74) is 2.76. The minimum Gasteiger partial charge on any atom is -0.497 e. The predicted octanol–water partition coefficient (Wildman–Crippen LogP) is 3.30. The third-order valence-electron chi connectivity index (χ3n) is 5.62. The Morgan fingerprint density at radius 2 is 1.81 bits per heavy atom. The fourth-order valence-electron chi connectivity index (χ4n) is 4.05. The predicted molar refractivity (Wildman–Crippen MR) is 103 cm³/mol. The van der Waals surface area contributed by atoms with Crippen LogP contribution in [0, 0.1) is 0 Å². The van der Waals surface area contributed by atoms with Crippen LogP contribution in [0.4, 0.5) is 5.69 Å². The number of fused-ring (bicyclic) bond motifs is 1. The molecular weight excluding hydrogens is 342 g/mol. The number of carbonyl (C=O) groups is 1. The van der Waals surface area contributed by atoms with Crippen molar-refractivity contribution in [3.63, 3.8) is 0 Å². The lowest BCUT2D eigenvalue weighted by atomic mass is 10.1. The van der Waals surface area contributed by atoms with Crippen LogP contribution in [0.15, 0.2) is 28.8 Å². The molecule has 1 aliphatic heterocycles. The van der Waals surface area contributed by atoms with Crippen molar-refractivity contribution in [2.75, 3.05) is 38.2 Å². The Kier molecular flexibility index (Phi) is 5.32. The number of nitrogens with zero attached hydrogens (tertiary/aromatic N) is 3. The summed E-state index contributed by atoms with van der Waals surface area (Å²) < 4.78 is 10.7. The molecule has 4 rings (SSSR count). The van der Waals surface area contributed by atoms with Crippen molar-refractivity contribution in [2.24, 2.45) is 0 Å². The number of benzene rings is 1. The van der Waals surface area contributed by atoms with Crippen molar-refractivity contribution in [1.29, 1.82) is 0 Å². The Bertz CT molecular complexity index is 784. The summed E-state index contributed by atoms with van der Waals surface area (Å²) in [6, 6.07) is 8.11. The van der Waals surface area contributed by atoms with E-state index in [0.29, 0.717) is 12.2 Å². The first-order valence-electron chi connectivity index (χ1n) is 9.92. The summed E-state index contributed by atoms with van der Waals surface area (Å²) in [6.45, 7) is 3.21. The normalized spacial score (nSPS) is 17.8. The molecule has 1 aromatic carbocycles. The number of carbonyl (C=O) groups excluding carboxylic acids is 1. The number of anilines is 1. The van der Waals surface area contributed by atoms with Crippen LogP contribution >= 0.6 is 0 Å². The van der Waals surface area contributed by atoms with Gasteiger partial charge in [-0.3, -0.25) is 4.79 Å². The molecule has 0 spiro atoms. The van der Waals surface area contributed by atoms with E-state index in [-0.39, 0.29) is 5.91 Å². The molecule has 0 bridgehead atoms. The number of ether oxygens (including phenoxy) is 1. The van der Waals surface area contributed by atoms with Gasteiger partial charge >= 0.3 is 0 Å². The Morgan fingerprint density at radius 3 is 2.63 bits per heavy atom. The maximum Gasteiger partial charge on any atom is 0.276 e. The van der Waals surface area contributed by atoms with E-state index < -0.39 is 0 Å². The SMILES string of the molecule is COc1ccc(N2CCCN(C(=O)c3noc4c3CCCCC4)CC2)cc1. The van der Waals surface area contributed by atoms with Crippen LogP contribution in [-0.2, 0) is 12.8 Å². The maximum atomic E-state index is 13.1. The number of aromatic nitrogens is 1. The lowest BCUT2D eigenvalue weighted by molar-refractivity contribution is 0.0755. The number of methoxy groups -OCH3 is 1. The molecule has 2 aromatic rings. The van der Waals surface area contributed by atoms with Gasteiger partial charge in [-0.1, -0.05) is 11.6 Å². The molecule has 1 aromatic heterocycles. The van der Waals surface area contributed by atoms with Crippen LogP contribution in [-0.4, -0.2) is 49.3 Å². The maximum absolute atomic E-state index is 13.1. The number of amides is 1. The molecule has 0 radical (unpaired) electrons. The van der Waals surface area contributed by atoms with Crippen LogP contribution < -0.4 is 9.64 Å². The number of aryl methyl sites for hydroxylation is 1.